The van der Waals surface area contributed by atoms with Crippen LogP contribution in [0.5, 0.6) is 0 Å². The highest BCUT2D eigenvalue weighted by Gasteiger charge is 2.17. The lowest BCUT2D eigenvalue weighted by Crippen LogP contribution is -2.36. The van der Waals surface area contributed by atoms with Gasteiger partial charge in [0.1, 0.15) is 0 Å². The zero-order chi connectivity index (χ0) is 9.68. The third-order valence-electron chi connectivity index (χ3n) is 1.84. The van der Waals surface area contributed by atoms with Crippen LogP contribution in [0, 0.1) is 0 Å². The van der Waals surface area contributed by atoms with Crippen LogP contribution in [0.3, 0.4) is 0 Å². The predicted molar refractivity (Wildman–Crippen MR) is 48.6 cm³/mol. The van der Waals surface area contributed by atoms with E-state index in [0.29, 0.717) is 0 Å². The molecule has 70 valence electrons. The summed E-state index contributed by atoms with van der Waals surface area (Å²) in [6.07, 6.45) is 0. The lowest BCUT2D eigenvalue weighted by Gasteiger charge is -2.11. The van der Waals surface area contributed by atoms with Gasteiger partial charge >= 0.3 is 0 Å². The van der Waals surface area contributed by atoms with Crippen LogP contribution in [0.2, 0.25) is 0 Å². The highest BCUT2D eigenvalue weighted by Crippen LogP contribution is 2.13. The van der Waals surface area contributed by atoms with Crippen molar-refractivity contribution < 1.29 is 9.90 Å². The van der Waals surface area contributed by atoms with Crippen molar-refractivity contribution in [1.29, 1.82) is 0 Å². The molecule has 1 amide bonds. The van der Waals surface area contributed by atoms with Crippen LogP contribution in [-0.2, 0) is 4.79 Å². The van der Waals surface area contributed by atoms with Gasteiger partial charge in [0.15, 0.2) is 0 Å². The SMILES string of the molecule is NNC(=O)[C@@H](CO)c1ccccc1. The predicted octanol–water partition coefficient (Wildman–Crippen LogP) is -0.248. The highest BCUT2D eigenvalue weighted by molar-refractivity contribution is 5.83. The highest BCUT2D eigenvalue weighted by atomic mass is 16.3. The van der Waals surface area contributed by atoms with E-state index in [1.54, 1.807) is 12.1 Å². The molecule has 0 unspecified atom stereocenters. The van der Waals surface area contributed by atoms with Crippen LogP contribution in [-0.4, -0.2) is 17.6 Å². The van der Waals surface area contributed by atoms with Gasteiger partial charge in [0, 0.05) is 0 Å². The van der Waals surface area contributed by atoms with Gasteiger partial charge in [-0.05, 0) is 5.56 Å². The van der Waals surface area contributed by atoms with Gasteiger partial charge < -0.3 is 5.11 Å². The molecular formula is C9H12N2O2. The van der Waals surface area contributed by atoms with Gasteiger partial charge in [0.25, 0.3) is 0 Å². The first-order valence-electron chi connectivity index (χ1n) is 3.96. The number of hydrogen-bond donors (Lipinski definition) is 3. The second-order valence-corrected chi connectivity index (χ2v) is 2.65. The minimum absolute atomic E-state index is 0.243. The molecule has 0 saturated carbocycles. The van der Waals surface area contributed by atoms with E-state index in [0.717, 1.165) is 5.56 Å². The number of aliphatic hydroxyl groups is 1. The first-order chi connectivity index (χ1) is 6.29. The quantitative estimate of drug-likeness (QED) is 0.341. The third kappa shape index (κ3) is 2.27. The van der Waals surface area contributed by atoms with Gasteiger partial charge in [-0.25, -0.2) is 5.84 Å². The Hall–Kier alpha value is -1.39. The van der Waals surface area contributed by atoms with E-state index in [9.17, 15) is 4.79 Å². The van der Waals surface area contributed by atoms with Crippen molar-refractivity contribution in [3.8, 4) is 0 Å². The summed E-state index contributed by atoms with van der Waals surface area (Å²) < 4.78 is 0. The largest absolute Gasteiger partial charge is 0.395 e. The monoisotopic (exact) mass is 180 g/mol. The molecule has 0 aliphatic carbocycles. The van der Waals surface area contributed by atoms with Crippen LogP contribution in [0.15, 0.2) is 30.3 Å². The summed E-state index contributed by atoms with van der Waals surface area (Å²) in [5.74, 6) is 4.02. The van der Waals surface area contributed by atoms with Crippen molar-refractivity contribution in [2.75, 3.05) is 6.61 Å². The van der Waals surface area contributed by atoms with Gasteiger partial charge in [-0.1, -0.05) is 30.3 Å². The van der Waals surface area contributed by atoms with Crippen molar-refractivity contribution in [2.45, 2.75) is 5.92 Å². The van der Waals surface area contributed by atoms with Gasteiger partial charge in [-0.2, -0.15) is 0 Å². The van der Waals surface area contributed by atoms with E-state index < -0.39 is 5.92 Å². The smallest absolute Gasteiger partial charge is 0.243 e. The molecule has 4 nitrogen and oxygen atoms in total. The summed E-state index contributed by atoms with van der Waals surface area (Å²) >= 11 is 0. The lowest BCUT2D eigenvalue weighted by atomic mass is 10.00. The van der Waals surface area contributed by atoms with Gasteiger partial charge in [-0.3, -0.25) is 10.2 Å². The number of rotatable bonds is 3. The fourth-order valence-corrected chi connectivity index (χ4v) is 1.13. The summed E-state index contributed by atoms with van der Waals surface area (Å²) in [5, 5.41) is 8.96. The molecule has 13 heavy (non-hydrogen) atoms. The molecule has 0 aliphatic rings. The Bertz CT molecular complexity index is 274. The van der Waals surface area contributed by atoms with E-state index in [1.807, 2.05) is 23.6 Å². The topological polar surface area (TPSA) is 75.3 Å². The van der Waals surface area contributed by atoms with Crippen LogP contribution >= 0.6 is 0 Å². The maximum absolute atomic E-state index is 11.1. The minimum atomic E-state index is -0.578. The minimum Gasteiger partial charge on any atom is -0.395 e. The van der Waals surface area contributed by atoms with Crippen LogP contribution in [0.1, 0.15) is 11.5 Å². The first kappa shape index (κ1) is 9.70. The summed E-state index contributed by atoms with van der Waals surface area (Å²) in [5.41, 5.74) is 2.77. The summed E-state index contributed by atoms with van der Waals surface area (Å²) in [6.45, 7) is -0.243. The molecule has 1 rings (SSSR count). The second kappa shape index (κ2) is 4.59. The molecule has 0 aromatic heterocycles. The molecule has 0 bridgehead atoms. The maximum Gasteiger partial charge on any atom is 0.243 e. The molecule has 0 spiro atoms. The average Bonchev–Trinajstić information content (AvgIpc) is 2.20. The summed E-state index contributed by atoms with van der Waals surface area (Å²) in [4.78, 5) is 11.1. The molecule has 0 aliphatic heterocycles. The molecular weight excluding hydrogens is 168 g/mol. The Morgan fingerprint density at radius 2 is 2.08 bits per heavy atom. The van der Waals surface area contributed by atoms with Gasteiger partial charge in [0.05, 0.1) is 12.5 Å². The molecule has 0 saturated heterocycles. The standard InChI is InChI=1S/C9H12N2O2/c10-11-9(13)8(6-12)7-4-2-1-3-5-7/h1-5,8,12H,6,10H2,(H,11,13)/t8-/m0/s1. The fraction of sp³-hybridized carbons (Fsp3) is 0.222. The van der Waals surface area contributed by atoms with Crippen molar-refractivity contribution >= 4 is 5.91 Å². The zero-order valence-corrected chi connectivity index (χ0v) is 7.10. The third-order valence-corrected chi connectivity index (χ3v) is 1.84. The number of hydrazine groups is 1. The number of amides is 1. The van der Waals surface area contributed by atoms with Gasteiger partial charge in [-0.15, -0.1) is 0 Å². The van der Waals surface area contributed by atoms with Crippen LogP contribution in [0.4, 0.5) is 0 Å². The number of nitrogens with one attached hydrogen (secondary N) is 1. The van der Waals surface area contributed by atoms with Gasteiger partial charge in [0.2, 0.25) is 5.91 Å². The maximum atomic E-state index is 11.1. The fourth-order valence-electron chi connectivity index (χ4n) is 1.13. The van der Waals surface area contributed by atoms with E-state index in [-0.39, 0.29) is 12.5 Å². The van der Waals surface area contributed by atoms with Crippen LogP contribution < -0.4 is 11.3 Å². The molecule has 1 aromatic rings. The number of nitrogens with two attached hydrogens (primary N) is 1. The first-order valence-corrected chi connectivity index (χ1v) is 3.96. The average molecular weight is 180 g/mol. The Balaban J connectivity index is 2.85. The van der Waals surface area contributed by atoms with E-state index in [2.05, 4.69) is 0 Å². The van der Waals surface area contributed by atoms with E-state index in [1.165, 1.54) is 0 Å². The van der Waals surface area contributed by atoms with E-state index >= 15 is 0 Å². The molecule has 4 heteroatoms. The molecule has 4 N–H and O–H groups in total. The Labute approximate surface area is 76.3 Å². The second-order valence-electron chi connectivity index (χ2n) is 2.65. The number of aliphatic hydroxyl groups excluding tert-OH is 1. The van der Waals surface area contributed by atoms with E-state index in [4.69, 9.17) is 10.9 Å². The number of carbonyl (C=O) groups excluding carboxylic acids is 1. The number of carbonyl (C=O) groups is 1. The molecule has 0 heterocycles. The van der Waals surface area contributed by atoms with Crippen molar-refractivity contribution in [3.05, 3.63) is 35.9 Å². The normalized spacial score (nSPS) is 12.2. The zero-order valence-electron chi connectivity index (χ0n) is 7.10. The van der Waals surface area contributed by atoms with Crippen molar-refractivity contribution in [3.63, 3.8) is 0 Å². The Kier molecular flexibility index (Phi) is 3.42. The molecule has 0 radical (unpaired) electrons. The van der Waals surface area contributed by atoms with Crippen LogP contribution in [0.25, 0.3) is 0 Å². The Morgan fingerprint density at radius 1 is 1.46 bits per heavy atom. The Morgan fingerprint density at radius 3 is 2.54 bits per heavy atom. The molecule has 1 aromatic carbocycles. The number of hydrogen-bond acceptors (Lipinski definition) is 3. The summed E-state index contributed by atoms with van der Waals surface area (Å²) in [7, 11) is 0. The number of benzene rings is 1. The molecule has 1 atom stereocenters. The molecule has 0 fully saturated rings. The lowest BCUT2D eigenvalue weighted by molar-refractivity contribution is -0.123. The summed E-state index contributed by atoms with van der Waals surface area (Å²) in [6, 6.07) is 9.01. The van der Waals surface area contributed by atoms with Crippen molar-refractivity contribution in [2.24, 2.45) is 5.84 Å². The van der Waals surface area contributed by atoms with Crippen molar-refractivity contribution in [1.82, 2.24) is 5.43 Å².